The minimum Gasteiger partial charge on any atom is -0.493 e. The molecule has 1 aliphatic heterocycles. The van der Waals surface area contributed by atoms with Gasteiger partial charge in [0.05, 0.1) is 13.7 Å². The number of fused-ring (bicyclic) bond motifs is 1. The molecule has 3 nitrogen and oxygen atoms in total. The van der Waals surface area contributed by atoms with E-state index in [1.165, 1.54) is 11.1 Å². The van der Waals surface area contributed by atoms with Gasteiger partial charge in [-0.2, -0.15) is 0 Å². The lowest BCUT2D eigenvalue weighted by Crippen LogP contribution is -2.27. The highest BCUT2D eigenvalue weighted by Crippen LogP contribution is 2.35. The molecular weight excluding hydrogens is 226 g/mol. The van der Waals surface area contributed by atoms with Crippen LogP contribution in [0.5, 0.6) is 11.5 Å². The van der Waals surface area contributed by atoms with Crippen LogP contribution in [0.2, 0.25) is 0 Å². The second-order valence-electron chi connectivity index (χ2n) is 4.83. The van der Waals surface area contributed by atoms with Crippen LogP contribution in [0.4, 0.5) is 0 Å². The predicted octanol–water partition coefficient (Wildman–Crippen LogP) is 3.08. The normalized spacial score (nSPS) is 18.3. The van der Waals surface area contributed by atoms with Crippen molar-refractivity contribution in [2.45, 2.75) is 39.2 Å². The van der Waals surface area contributed by atoms with E-state index < -0.39 is 0 Å². The van der Waals surface area contributed by atoms with Crippen LogP contribution in [0, 0.1) is 0 Å². The lowest BCUT2D eigenvalue weighted by Gasteiger charge is -2.25. The molecule has 1 unspecified atom stereocenters. The van der Waals surface area contributed by atoms with Gasteiger partial charge in [-0.05, 0) is 49.6 Å². The number of hydrogen-bond acceptors (Lipinski definition) is 3. The van der Waals surface area contributed by atoms with Crippen LogP contribution in [-0.4, -0.2) is 20.3 Å². The minimum atomic E-state index is 0.396. The molecule has 1 aliphatic rings. The van der Waals surface area contributed by atoms with Crippen LogP contribution in [0.15, 0.2) is 12.1 Å². The molecule has 0 radical (unpaired) electrons. The number of methoxy groups -OCH3 is 1. The third-order valence-corrected chi connectivity index (χ3v) is 3.49. The molecular formula is C15H23NO2. The molecule has 0 aliphatic carbocycles. The van der Waals surface area contributed by atoms with E-state index in [-0.39, 0.29) is 0 Å². The van der Waals surface area contributed by atoms with E-state index in [0.717, 1.165) is 43.9 Å². The Kier molecular flexibility index (Phi) is 4.48. The first-order valence-electron chi connectivity index (χ1n) is 6.83. The molecule has 3 heteroatoms. The van der Waals surface area contributed by atoms with E-state index in [0.29, 0.717) is 6.04 Å². The van der Waals surface area contributed by atoms with Crippen LogP contribution in [0.25, 0.3) is 0 Å². The second kappa shape index (κ2) is 6.10. The summed E-state index contributed by atoms with van der Waals surface area (Å²) in [7, 11) is 1.70. The Morgan fingerprint density at radius 3 is 2.89 bits per heavy atom. The summed E-state index contributed by atoms with van der Waals surface area (Å²) >= 11 is 0. The largest absolute Gasteiger partial charge is 0.493 e. The average Bonchev–Trinajstić information content (AvgIpc) is 2.39. The fraction of sp³-hybridized carbons (Fsp3) is 0.600. The molecule has 1 N–H and O–H groups in total. The number of hydrogen-bond donors (Lipinski definition) is 1. The third-order valence-electron chi connectivity index (χ3n) is 3.49. The molecule has 1 aromatic carbocycles. The Morgan fingerprint density at radius 1 is 1.33 bits per heavy atom. The molecule has 0 saturated carbocycles. The zero-order valence-electron chi connectivity index (χ0n) is 11.6. The van der Waals surface area contributed by atoms with E-state index in [9.17, 15) is 0 Å². The smallest absolute Gasteiger partial charge is 0.161 e. The summed E-state index contributed by atoms with van der Waals surface area (Å²) in [6.07, 6.45) is 3.29. The maximum Gasteiger partial charge on any atom is 0.161 e. The van der Waals surface area contributed by atoms with Gasteiger partial charge in [0.2, 0.25) is 0 Å². The molecule has 100 valence electrons. The van der Waals surface area contributed by atoms with Crippen molar-refractivity contribution in [2.75, 3.05) is 20.3 Å². The van der Waals surface area contributed by atoms with Gasteiger partial charge in [-0.15, -0.1) is 0 Å². The molecule has 1 aromatic rings. The first-order chi connectivity index (χ1) is 8.76. The lowest BCUT2D eigenvalue weighted by molar-refractivity contribution is 0.287. The summed E-state index contributed by atoms with van der Waals surface area (Å²) in [5.41, 5.74) is 2.72. The molecule has 0 aromatic heterocycles. The van der Waals surface area contributed by atoms with Gasteiger partial charge >= 0.3 is 0 Å². The Hall–Kier alpha value is -1.22. The molecule has 0 saturated heterocycles. The van der Waals surface area contributed by atoms with Crippen molar-refractivity contribution >= 4 is 0 Å². The van der Waals surface area contributed by atoms with Gasteiger partial charge in [-0.25, -0.2) is 0 Å². The van der Waals surface area contributed by atoms with Crippen molar-refractivity contribution < 1.29 is 9.47 Å². The second-order valence-corrected chi connectivity index (χ2v) is 4.83. The van der Waals surface area contributed by atoms with Crippen molar-refractivity contribution in [3.63, 3.8) is 0 Å². The van der Waals surface area contributed by atoms with E-state index in [1.54, 1.807) is 7.11 Å². The standard InChI is InChI=1S/C15H23NO2/c1-4-5-8-18-15-9-12-6-7-16-11(2)13(12)10-14(15)17-3/h9-11,16H,4-8H2,1-3H3. The van der Waals surface area contributed by atoms with Gasteiger partial charge in [-0.3, -0.25) is 0 Å². The molecule has 18 heavy (non-hydrogen) atoms. The van der Waals surface area contributed by atoms with Gasteiger partial charge in [-0.1, -0.05) is 13.3 Å². The van der Waals surface area contributed by atoms with Crippen LogP contribution in [-0.2, 0) is 6.42 Å². The number of unbranched alkanes of at least 4 members (excludes halogenated alkanes) is 1. The van der Waals surface area contributed by atoms with Crippen LogP contribution in [0.1, 0.15) is 43.9 Å². The maximum atomic E-state index is 5.82. The first-order valence-corrected chi connectivity index (χ1v) is 6.83. The van der Waals surface area contributed by atoms with Gasteiger partial charge < -0.3 is 14.8 Å². The number of nitrogens with one attached hydrogen (secondary N) is 1. The highest BCUT2D eigenvalue weighted by molar-refractivity contribution is 5.49. The summed E-state index contributed by atoms with van der Waals surface area (Å²) in [5.74, 6) is 1.74. The quantitative estimate of drug-likeness (QED) is 0.813. The Balaban J connectivity index is 2.23. The van der Waals surface area contributed by atoms with Gasteiger partial charge in [0.25, 0.3) is 0 Å². The Labute approximate surface area is 109 Å². The molecule has 2 rings (SSSR count). The van der Waals surface area contributed by atoms with E-state index in [1.807, 2.05) is 0 Å². The van der Waals surface area contributed by atoms with E-state index >= 15 is 0 Å². The summed E-state index contributed by atoms with van der Waals surface area (Å²) < 4.78 is 11.3. The molecule has 0 spiro atoms. The highest BCUT2D eigenvalue weighted by atomic mass is 16.5. The summed E-state index contributed by atoms with van der Waals surface area (Å²) in [6.45, 7) is 6.16. The fourth-order valence-electron chi connectivity index (χ4n) is 2.37. The number of benzene rings is 1. The number of ether oxygens (including phenoxy) is 2. The Morgan fingerprint density at radius 2 is 2.17 bits per heavy atom. The van der Waals surface area contributed by atoms with Crippen LogP contribution in [0.3, 0.4) is 0 Å². The minimum absolute atomic E-state index is 0.396. The van der Waals surface area contributed by atoms with Crippen molar-refractivity contribution in [1.29, 1.82) is 0 Å². The van der Waals surface area contributed by atoms with E-state index in [2.05, 4.69) is 31.3 Å². The topological polar surface area (TPSA) is 30.5 Å². The van der Waals surface area contributed by atoms with Gasteiger partial charge in [0, 0.05) is 6.04 Å². The Bertz CT molecular complexity index is 404. The van der Waals surface area contributed by atoms with Gasteiger partial charge in [0.1, 0.15) is 0 Å². The highest BCUT2D eigenvalue weighted by Gasteiger charge is 2.19. The van der Waals surface area contributed by atoms with Crippen molar-refractivity contribution in [2.24, 2.45) is 0 Å². The van der Waals surface area contributed by atoms with Crippen LogP contribution >= 0.6 is 0 Å². The number of rotatable bonds is 5. The summed E-state index contributed by atoms with van der Waals surface area (Å²) in [4.78, 5) is 0. The summed E-state index contributed by atoms with van der Waals surface area (Å²) in [6, 6.07) is 4.67. The lowest BCUT2D eigenvalue weighted by atomic mass is 9.94. The average molecular weight is 249 g/mol. The van der Waals surface area contributed by atoms with Gasteiger partial charge in [0.15, 0.2) is 11.5 Å². The monoisotopic (exact) mass is 249 g/mol. The van der Waals surface area contributed by atoms with E-state index in [4.69, 9.17) is 9.47 Å². The predicted molar refractivity (Wildman–Crippen MR) is 73.5 cm³/mol. The van der Waals surface area contributed by atoms with Crippen molar-refractivity contribution in [3.8, 4) is 11.5 Å². The first kappa shape index (κ1) is 13.2. The van der Waals surface area contributed by atoms with Crippen molar-refractivity contribution in [3.05, 3.63) is 23.3 Å². The molecule has 1 heterocycles. The zero-order valence-corrected chi connectivity index (χ0v) is 11.6. The molecule has 1 atom stereocenters. The fourth-order valence-corrected chi connectivity index (χ4v) is 2.37. The van der Waals surface area contributed by atoms with Crippen molar-refractivity contribution in [1.82, 2.24) is 5.32 Å². The maximum absolute atomic E-state index is 5.82. The zero-order chi connectivity index (χ0) is 13.0. The summed E-state index contributed by atoms with van der Waals surface area (Å²) in [5, 5.41) is 3.46. The molecule has 0 fully saturated rings. The molecule has 0 bridgehead atoms. The van der Waals surface area contributed by atoms with Crippen LogP contribution < -0.4 is 14.8 Å². The third kappa shape index (κ3) is 2.78. The molecule has 0 amide bonds. The SMILES string of the molecule is CCCCOc1cc2c(cc1OC)C(C)NCC2.